The molecule has 0 atom stereocenters. The monoisotopic (exact) mass is 554 g/mol. The maximum Gasteiger partial charge on any atom is 2.00 e. The molecule has 0 aliphatic heterocycles. The quantitative estimate of drug-likeness (QED) is 0.138. The van der Waals surface area contributed by atoms with Gasteiger partial charge in [0.2, 0.25) is 0 Å². The van der Waals surface area contributed by atoms with Crippen LogP contribution in [0.25, 0.3) is 16.0 Å². The molecule has 4 aromatic heterocycles. The molecule has 13 nitrogen and oxygen atoms in total. The Bertz CT molecular complexity index is 838. The summed E-state index contributed by atoms with van der Waals surface area (Å²) in [5.74, 6) is 3.23. The molecule has 35 heavy (non-hydrogen) atoms. The van der Waals surface area contributed by atoms with Gasteiger partial charge in [0.1, 0.15) is 23.3 Å². The van der Waals surface area contributed by atoms with Gasteiger partial charge in [-0.25, -0.2) is 19.9 Å². The summed E-state index contributed by atoms with van der Waals surface area (Å²) in [6.07, 6.45) is 6.97. The number of nitrogens with zero attached hydrogens (tertiary/aromatic N) is 7. The predicted octanol–water partition coefficient (Wildman–Crippen LogP) is -0.991. The molecule has 10 N–H and O–H groups in total. The van der Waals surface area contributed by atoms with Crippen LogP contribution < -0.4 is 23.0 Å². The van der Waals surface area contributed by atoms with E-state index in [2.05, 4.69) is 30.6 Å². The van der Waals surface area contributed by atoms with Crippen LogP contribution in [0, 0.1) is 0 Å². The van der Waals surface area contributed by atoms with Gasteiger partial charge >= 0.3 is 17.1 Å². The van der Waals surface area contributed by atoms with Crippen LogP contribution in [0.15, 0.2) is 97.6 Å². The Labute approximate surface area is 218 Å². The first kappa shape index (κ1) is 41.4. The molecule has 0 saturated carbocycles. The van der Waals surface area contributed by atoms with Gasteiger partial charge in [0.15, 0.2) is 0 Å². The van der Waals surface area contributed by atoms with Crippen molar-refractivity contribution in [3.63, 3.8) is 0 Å². The van der Waals surface area contributed by atoms with Gasteiger partial charge in [-0.05, 0) is 48.5 Å². The smallest absolute Gasteiger partial charge is 1.00 e. The third-order valence-corrected chi connectivity index (χ3v) is 3.17. The van der Waals surface area contributed by atoms with Gasteiger partial charge in [-0.3, -0.25) is 4.91 Å². The predicted molar refractivity (Wildman–Crippen MR) is 128 cm³/mol. The molecule has 4 rings (SSSR count). The summed E-state index contributed by atoms with van der Waals surface area (Å²) in [6, 6.07) is 22.8. The van der Waals surface area contributed by atoms with Crippen LogP contribution in [0.5, 0.6) is 0 Å². The van der Waals surface area contributed by atoms with Crippen LogP contribution in [0.2, 0.25) is 0 Å². The molecule has 0 spiro atoms. The van der Waals surface area contributed by atoms with Crippen LogP contribution in [0.1, 0.15) is 0 Å². The molecule has 1 radical (unpaired) electrons. The fourth-order valence-electron chi connectivity index (χ4n) is 2.01. The van der Waals surface area contributed by atoms with Crippen molar-refractivity contribution in [1.29, 1.82) is 0 Å². The fourth-order valence-corrected chi connectivity index (χ4v) is 2.01. The first-order valence-electron chi connectivity index (χ1n) is 8.48. The third-order valence-electron chi connectivity index (χ3n) is 3.17. The van der Waals surface area contributed by atoms with Gasteiger partial charge < -0.3 is 56.0 Å². The zero-order valence-corrected chi connectivity index (χ0v) is 19.7. The van der Waals surface area contributed by atoms with Crippen molar-refractivity contribution >= 4 is 23.3 Å². The van der Waals surface area contributed by atoms with Crippen LogP contribution in [0.3, 0.4) is 0 Å². The average molecular weight is 555 g/mol. The molecular weight excluding hydrogens is 529 g/mol. The largest absolute Gasteiger partial charge is 2.00 e. The van der Waals surface area contributed by atoms with Crippen molar-refractivity contribution in [1.82, 2.24) is 19.9 Å². The van der Waals surface area contributed by atoms with Crippen molar-refractivity contribution in [3.8, 4) is 0 Å². The van der Waals surface area contributed by atoms with Crippen LogP contribution in [0.4, 0.5) is 23.3 Å². The minimum atomic E-state index is 0. The molecule has 0 fully saturated rings. The van der Waals surface area contributed by atoms with Gasteiger partial charge in [-0.2, -0.15) is 0 Å². The van der Waals surface area contributed by atoms with Crippen LogP contribution in [-0.4, -0.2) is 41.8 Å². The van der Waals surface area contributed by atoms with Gasteiger partial charge in [-0.15, -0.1) is 0 Å². The summed E-state index contributed by atoms with van der Waals surface area (Å²) in [5.41, 5.74) is 13.5. The zero-order chi connectivity index (χ0) is 20.6. The number of halogens is 1. The minimum absolute atomic E-state index is 0. The summed E-state index contributed by atoms with van der Waals surface area (Å²) in [7, 11) is 0. The Morgan fingerprint density at radius 3 is 0.829 bits per heavy atom. The summed E-state index contributed by atoms with van der Waals surface area (Å²) >= 11 is 0. The number of anilines is 4. The zero-order valence-electron chi connectivity index (χ0n) is 18.0. The molecular formula is C20H26ClCuN9O4. The Balaban J connectivity index is -0.000000134. The Kier molecular flexibility index (Phi) is 31.3. The fraction of sp³-hybridized carbons (Fsp3) is 0. The number of hydrogen-bond acceptors (Lipinski definition) is 6. The molecule has 193 valence electrons. The molecule has 4 aromatic rings. The van der Waals surface area contributed by atoms with Crippen LogP contribution >= 0.6 is 0 Å². The van der Waals surface area contributed by atoms with E-state index in [9.17, 15) is 0 Å². The normalized spacial score (nSPS) is 7.31. The molecule has 15 heteroatoms. The number of nitrogens with one attached hydrogen (secondary N) is 2. The standard InChI is InChI=1S/2C10H9N3.ClH.Cu.N3.4H2O/c2*1-3-7-11-9(5-1)13-10-6-2-4-8-12-10;;;1-3-2;;;;/h2*1-8H,(H,11,12,13);1H;;;4*1H2/q;;;+2;-1;;;;/p-1. The number of rotatable bonds is 4. The first-order chi connectivity index (χ1) is 14.3. The van der Waals surface area contributed by atoms with Gasteiger partial charge in [0.25, 0.3) is 0 Å². The summed E-state index contributed by atoms with van der Waals surface area (Å²) in [6.45, 7) is 0. The van der Waals surface area contributed by atoms with Crippen molar-refractivity contribution in [2.45, 2.75) is 0 Å². The van der Waals surface area contributed by atoms with Crippen molar-refractivity contribution < 1.29 is 51.4 Å². The van der Waals surface area contributed by atoms with E-state index in [0.717, 1.165) is 23.3 Å². The van der Waals surface area contributed by atoms with E-state index in [1.54, 1.807) is 24.8 Å². The van der Waals surface area contributed by atoms with E-state index in [-0.39, 0.29) is 51.4 Å². The second-order valence-corrected chi connectivity index (χ2v) is 5.20. The van der Waals surface area contributed by atoms with Gasteiger partial charge in [0.05, 0.1) is 0 Å². The first-order valence-corrected chi connectivity index (χ1v) is 8.48. The van der Waals surface area contributed by atoms with Gasteiger partial charge in [0, 0.05) is 24.8 Å². The Morgan fingerprint density at radius 1 is 0.486 bits per heavy atom. The average Bonchev–Trinajstić information content (AvgIpc) is 2.78. The van der Waals surface area contributed by atoms with Gasteiger partial charge in [-0.1, -0.05) is 24.3 Å². The van der Waals surface area contributed by atoms with Crippen molar-refractivity contribution in [3.05, 3.63) is 114 Å². The Hall–Kier alpha value is -3.84. The van der Waals surface area contributed by atoms with E-state index in [1.165, 1.54) is 4.91 Å². The molecule has 0 saturated heterocycles. The molecule has 0 bridgehead atoms. The SMILES string of the molecule is O.O.O.O.[Cl-].[Cu+2].[N-]=[N+]=[N-].c1ccc(Nc2ccccn2)nc1.c1ccc(Nc2ccccn2)nc1. The molecule has 0 aliphatic carbocycles. The summed E-state index contributed by atoms with van der Waals surface area (Å²) < 4.78 is 0. The van der Waals surface area contributed by atoms with E-state index >= 15 is 0 Å². The molecule has 4 heterocycles. The van der Waals surface area contributed by atoms with E-state index in [0.29, 0.717) is 0 Å². The third kappa shape index (κ3) is 18.3. The summed E-state index contributed by atoms with van der Waals surface area (Å²) in [5, 5.41) is 6.16. The minimum Gasteiger partial charge on any atom is -1.00 e. The maximum atomic E-state index is 6.75. The Morgan fingerprint density at radius 2 is 0.686 bits per heavy atom. The van der Waals surface area contributed by atoms with E-state index in [1.807, 2.05) is 72.8 Å². The number of pyridine rings is 4. The maximum absolute atomic E-state index is 6.75. The molecule has 0 aromatic carbocycles. The van der Waals surface area contributed by atoms with Crippen LogP contribution in [-0.2, 0) is 17.1 Å². The number of hydrogen-bond donors (Lipinski definition) is 2. The second kappa shape index (κ2) is 26.4. The van der Waals surface area contributed by atoms with E-state index < -0.39 is 0 Å². The topological polar surface area (TPSA) is 260 Å². The van der Waals surface area contributed by atoms with E-state index in [4.69, 9.17) is 11.1 Å². The second-order valence-electron chi connectivity index (χ2n) is 5.20. The summed E-state index contributed by atoms with van der Waals surface area (Å²) in [4.78, 5) is 18.0. The molecule has 0 aliphatic rings. The molecule has 0 amide bonds. The molecule has 0 unspecified atom stereocenters. The van der Waals surface area contributed by atoms with Crippen molar-refractivity contribution in [2.24, 2.45) is 0 Å². The van der Waals surface area contributed by atoms with Crippen molar-refractivity contribution in [2.75, 3.05) is 10.6 Å². The number of aromatic nitrogens is 4.